The van der Waals surface area contributed by atoms with E-state index in [4.69, 9.17) is 9.47 Å². The van der Waals surface area contributed by atoms with Gasteiger partial charge in [0.2, 0.25) is 0 Å². The predicted molar refractivity (Wildman–Crippen MR) is 48.5 cm³/mol. The second-order valence-corrected chi connectivity index (χ2v) is 3.20. The number of hydrogen-bond acceptors (Lipinski definition) is 4. The molecule has 13 heavy (non-hydrogen) atoms. The zero-order chi connectivity index (χ0) is 9.52. The smallest absolute Gasteiger partial charge is 0.320 e. The first-order chi connectivity index (χ1) is 6.33. The van der Waals surface area contributed by atoms with E-state index in [9.17, 15) is 4.79 Å². The van der Waals surface area contributed by atoms with Crippen molar-refractivity contribution >= 4 is 5.97 Å². The molecule has 1 saturated heterocycles. The van der Waals surface area contributed by atoms with Crippen molar-refractivity contribution in [3.8, 4) is 0 Å². The van der Waals surface area contributed by atoms with Crippen LogP contribution in [-0.2, 0) is 14.3 Å². The number of nitrogens with one attached hydrogen (secondary N) is 1. The fourth-order valence-electron chi connectivity index (χ4n) is 1.32. The van der Waals surface area contributed by atoms with Gasteiger partial charge in [-0.05, 0) is 26.3 Å². The minimum absolute atomic E-state index is 0.120. The Morgan fingerprint density at radius 2 is 2.46 bits per heavy atom. The Labute approximate surface area is 78.6 Å². The molecule has 0 spiro atoms. The van der Waals surface area contributed by atoms with Crippen LogP contribution in [0.25, 0.3) is 0 Å². The molecule has 1 aliphatic heterocycles. The molecule has 0 radical (unpaired) electrons. The lowest BCUT2D eigenvalue weighted by Gasteiger charge is -2.21. The standard InChI is InChI=1S/C9H17NO3/c1-10-6-9(11)13-7-8-4-2-3-5-12-8/h8,10H,2-7H2,1H3. The van der Waals surface area contributed by atoms with E-state index in [0.29, 0.717) is 6.61 Å². The molecule has 1 fully saturated rings. The van der Waals surface area contributed by atoms with E-state index in [0.717, 1.165) is 19.4 Å². The van der Waals surface area contributed by atoms with Gasteiger partial charge in [-0.3, -0.25) is 4.79 Å². The lowest BCUT2D eigenvalue weighted by Crippen LogP contribution is -2.28. The molecule has 1 rings (SSSR count). The highest BCUT2D eigenvalue weighted by atomic mass is 16.6. The van der Waals surface area contributed by atoms with Crippen LogP contribution in [0.15, 0.2) is 0 Å². The highest BCUT2D eigenvalue weighted by molar-refractivity contribution is 5.71. The number of esters is 1. The van der Waals surface area contributed by atoms with Gasteiger partial charge in [0.05, 0.1) is 12.6 Å². The minimum Gasteiger partial charge on any atom is -0.462 e. The van der Waals surface area contributed by atoms with Crippen molar-refractivity contribution in [2.45, 2.75) is 25.4 Å². The van der Waals surface area contributed by atoms with Crippen LogP contribution in [0.3, 0.4) is 0 Å². The topological polar surface area (TPSA) is 47.6 Å². The zero-order valence-electron chi connectivity index (χ0n) is 8.04. The van der Waals surface area contributed by atoms with Crippen molar-refractivity contribution in [2.24, 2.45) is 0 Å². The minimum atomic E-state index is -0.211. The van der Waals surface area contributed by atoms with E-state index in [1.54, 1.807) is 7.05 Å². The maximum Gasteiger partial charge on any atom is 0.320 e. The summed E-state index contributed by atoms with van der Waals surface area (Å²) in [6, 6.07) is 0. The fraction of sp³-hybridized carbons (Fsp3) is 0.889. The van der Waals surface area contributed by atoms with Crippen molar-refractivity contribution in [1.82, 2.24) is 5.32 Å². The molecule has 1 heterocycles. The maximum atomic E-state index is 10.9. The van der Waals surface area contributed by atoms with Crippen LogP contribution < -0.4 is 5.32 Å². The molecule has 0 bridgehead atoms. The molecule has 1 N–H and O–H groups in total. The molecule has 1 unspecified atom stereocenters. The van der Waals surface area contributed by atoms with Crippen LogP contribution in [0.5, 0.6) is 0 Å². The second kappa shape index (κ2) is 5.94. The molecule has 0 aliphatic carbocycles. The Morgan fingerprint density at radius 1 is 1.62 bits per heavy atom. The zero-order valence-corrected chi connectivity index (χ0v) is 8.04. The van der Waals surface area contributed by atoms with Crippen LogP contribution >= 0.6 is 0 Å². The van der Waals surface area contributed by atoms with Crippen molar-refractivity contribution < 1.29 is 14.3 Å². The van der Waals surface area contributed by atoms with E-state index in [1.807, 2.05) is 0 Å². The van der Waals surface area contributed by atoms with E-state index < -0.39 is 0 Å². The summed E-state index contributed by atoms with van der Waals surface area (Å²) < 4.78 is 10.4. The largest absolute Gasteiger partial charge is 0.462 e. The highest BCUT2D eigenvalue weighted by Gasteiger charge is 2.15. The lowest BCUT2D eigenvalue weighted by molar-refractivity contribution is -0.147. The monoisotopic (exact) mass is 187 g/mol. The summed E-state index contributed by atoms with van der Waals surface area (Å²) in [6.07, 6.45) is 3.43. The number of hydrogen-bond donors (Lipinski definition) is 1. The van der Waals surface area contributed by atoms with Gasteiger partial charge in [0.25, 0.3) is 0 Å². The van der Waals surface area contributed by atoms with E-state index in [2.05, 4.69) is 5.32 Å². The van der Waals surface area contributed by atoms with E-state index in [-0.39, 0.29) is 18.6 Å². The van der Waals surface area contributed by atoms with Gasteiger partial charge in [0.1, 0.15) is 6.61 Å². The third-order valence-electron chi connectivity index (χ3n) is 2.03. The molecule has 4 heteroatoms. The Kier molecular flexibility index (Phi) is 4.78. The summed E-state index contributed by atoms with van der Waals surface area (Å²) in [7, 11) is 1.72. The number of carbonyl (C=O) groups is 1. The summed E-state index contributed by atoms with van der Waals surface area (Å²) in [5.41, 5.74) is 0. The molecular weight excluding hydrogens is 170 g/mol. The molecule has 0 amide bonds. The highest BCUT2D eigenvalue weighted by Crippen LogP contribution is 2.12. The average molecular weight is 187 g/mol. The van der Waals surface area contributed by atoms with Crippen LogP contribution in [0.1, 0.15) is 19.3 Å². The van der Waals surface area contributed by atoms with E-state index >= 15 is 0 Å². The molecule has 0 aromatic carbocycles. The Hall–Kier alpha value is -0.610. The number of likely N-dealkylation sites (N-methyl/N-ethyl adjacent to an activating group) is 1. The predicted octanol–water partition coefficient (Wildman–Crippen LogP) is 0.318. The van der Waals surface area contributed by atoms with Crippen LogP contribution in [0, 0.1) is 0 Å². The van der Waals surface area contributed by atoms with Gasteiger partial charge in [-0.2, -0.15) is 0 Å². The molecule has 0 saturated carbocycles. The third-order valence-corrected chi connectivity index (χ3v) is 2.03. The van der Waals surface area contributed by atoms with Gasteiger partial charge in [-0.1, -0.05) is 0 Å². The van der Waals surface area contributed by atoms with Crippen LogP contribution in [-0.4, -0.2) is 38.9 Å². The first-order valence-corrected chi connectivity index (χ1v) is 4.74. The second-order valence-electron chi connectivity index (χ2n) is 3.20. The lowest BCUT2D eigenvalue weighted by atomic mass is 10.1. The average Bonchev–Trinajstić information content (AvgIpc) is 2.17. The molecule has 1 atom stereocenters. The number of ether oxygens (including phenoxy) is 2. The van der Waals surface area contributed by atoms with E-state index in [1.165, 1.54) is 6.42 Å². The summed E-state index contributed by atoms with van der Waals surface area (Å²) in [5, 5.41) is 2.74. The van der Waals surface area contributed by atoms with Crippen LogP contribution in [0.2, 0.25) is 0 Å². The van der Waals surface area contributed by atoms with Crippen LogP contribution in [0.4, 0.5) is 0 Å². The quantitative estimate of drug-likeness (QED) is 0.644. The summed E-state index contributed by atoms with van der Waals surface area (Å²) in [4.78, 5) is 10.9. The SMILES string of the molecule is CNCC(=O)OCC1CCCCO1. The number of carbonyl (C=O) groups excluding carboxylic acids is 1. The maximum absolute atomic E-state index is 10.9. The Morgan fingerprint density at radius 3 is 3.08 bits per heavy atom. The molecular formula is C9H17NO3. The first kappa shape index (κ1) is 10.5. The Balaban J connectivity index is 2.06. The summed E-state index contributed by atoms with van der Waals surface area (Å²) >= 11 is 0. The van der Waals surface area contributed by atoms with Gasteiger partial charge in [0, 0.05) is 6.61 Å². The molecule has 0 aromatic rings. The van der Waals surface area contributed by atoms with Crippen molar-refractivity contribution in [1.29, 1.82) is 0 Å². The van der Waals surface area contributed by atoms with Crippen molar-refractivity contribution in [2.75, 3.05) is 26.8 Å². The number of rotatable bonds is 4. The summed E-state index contributed by atoms with van der Waals surface area (Å²) in [5.74, 6) is -0.211. The third kappa shape index (κ3) is 4.24. The molecule has 0 aromatic heterocycles. The summed E-state index contributed by atoms with van der Waals surface area (Å²) in [6.45, 7) is 1.47. The van der Waals surface area contributed by atoms with Gasteiger partial charge >= 0.3 is 5.97 Å². The molecule has 76 valence electrons. The normalized spacial score (nSPS) is 22.7. The van der Waals surface area contributed by atoms with Crippen molar-refractivity contribution in [3.05, 3.63) is 0 Å². The van der Waals surface area contributed by atoms with Gasteiger partial charge in [-0.15, -0.1) is 0 Å². The molecule has 1 aliphatic rings. The van der Waals surface area contributed by atoms with Gasteiger partial charge in [-0.25, -0.2) is 0 Å². The molecule has 4 nitrogen and oxygen atoms in total. The fourth-order valence-corrected chi connectivity index (χ4v) is 1.32. The first-order valence-electron chi connectivity index (χ1n) is 4.74. The van der Waals surface area contributed by atoms with Crippen molar-refractivity contribution in [3.63, 3.8) is 0 Å². The van der Waals surface area contributed by atoms with Gasteiger partial charge in [0.15, 0.2) is 0 Å². The Bertz CT molecular complexity index is 155. The van der Waals surface area contributed by atoms with Gasteiger partial charge < -0.3 is 14.8 Å².